The third-order valence-corrected chi connectivity index (χ3v) is 4.39. The van der Waals surface area contributed by atoms with Gasteiger partial charge in [-0.1, -0.05) is 42.5 Å². The summed E-state index contributed by atoms with van der Waals surface area (Å²) in [4.78, 5) is 16.6. The fraction of sp³-hybridized carbons (Fsp3) is 0.130. The zero-order valence-corrected chi connectivity index (χ0v) is 16.5. The first-order valence-corrected chi connectivity index (χ1v) is 9.41. The molecule has 1 aliphatic heterocycles. The van der Waals surface area contributed by atoms with Gasteiger partial charge in [0, 0.05) is 11.1 Å². The average Bonchev–Trinajstić information content (AvgIpc) is 2.79. The van der Waals surface area contributed by atoms with Crippen LogP contribution in [0, 0.1) is 0 Å². The number of allylic oxidation sites excluding steroid dienone is 1. The highest BCUT2D eigenvalue weighted by molar-refractivity contribution is 5.87. The number of carbonyl (C=O) groups is 1. The Bertz CT molecular complexity index is 1120. The van der Waals surface area contributed by atoms with Gasteiger partial charge >= 0.3 is 5.97 Å². The maximum absolute atomic E-state index is 11.9. The minimum absolute atomic E-state index is 0.221. The summed E-state index contributed by atoms with van der Waals surface area (Å²) >= 11 is 0. The summed E-state index contributed by atoms with van der Waals surface area (Å²) < 4.78 is 16.0. The molecule has 0 radical (unpaired) electrons. The van der Waals surface area contributed by atoms with Crippen molar-refractivity contribution in [2.75, 3.05) is 13.7 Å². The van der Waals surface area contributed by atoms with Crippen molar-refractivity contribution in [3.8, 4) is 23.0 Å². The molecule has 1 aliphatic rings. The molecule has 3 aromatic rings. The third-order valence-electron chi connectivity index (χ3n) is 4.39. The summed E-state index contributed by atoms with van der Waals surface area (Å²) in [7, 11) is 1.61. The maximum atomic E-state index is 11.9. The van der Waals surface area contributed by atoms with Gasteiger partial charge in [0.25, 0.3) is 5.88 Å². The molecular weight excluding hydrogens is 382 g/mol. The van der Waals surface area contributed by atoms with E-state index in [4.69, 9.17) is 19.2 Å². The highest BCUT2D eigenvalue weighted by Crippen LogP contribution is 2.35. The Morgan fingerprint density at radius 2 is 1.80 bits per heavy atom. The van der Waals surface area contributed by atoms with Crippen molar-refractivity contribution >= 4 is 11.5 Å². The molecule has 30 heavy (non-hydrogen) atoms. The van der Waals surface area contributed by atoms with E-state index >= 15 is 0 Å². The lowest BCUT2D eigenvalue weighted by molar-refractivity contribution is -0.137. The number of nitrogens with zero attached hydrogens (tertiary/aromatic N) is 3. The van der Waals surface area contributed by atoms with Crippen molar-refractivity contribution in [1.29, 1.82) is 0 Å². The third kappa shape index (κ3) is 4.05. The van der Waals surface area contributed by atoms with Crippen molar-refractivity contribution in [3.05, 3.63) is 83.8 Å². The van der Waals surface area contributed by atoms with Gasteiger partial charge in [0.15, 0.2) is 5.82 Å². The monoisotopic (exact) mass is 401 g/mol. The molecule has 0 saturated carbocycles. The van der Waals surface area contributed by atoms with Gasteiger partial charge < -0.3 is 14.2 Å². The number of rotatable bonds is 5. The Hall–Kier alpha value is -4.00. The number of benzene rings is 2. The first kappa shape index (κ1) is 19.3. The minimum atomic E-state index is -0.497. The van der Waals surface area contributed by atoms with E-state index in [9.17, 15) is 4.79 Å². The molecule has 0 unspecified atom stereocenters. The van der Waals surface area contributed by atoms with Crippen LogP contribution in [0.2, 0.25) is 0 Å². The van der Waals surface area contributed by atoms with Gasteiger partial charge in [-0.25, -0.2) is 9.78 Å². The lowest BCUT2D eigenvalue weighted by atomic mass is 10.00. The van der Waals surface area contributed by atoms with E-state index in [1.165, 1.54) is 6.08 Å². The van der Waals surface area contributed by atoms with Gasteiger partial charge in [-0.3, -0.25) is 0 Å². The first-order chi connectivity index (χ1) is 14.7. The lowest BCUT2D eigenvalue weighted by Crippen LogP contribution is -2.12. The maximum Gasteiger partial charge on any atom is 0.334 e. The second kappa shape index (κ2) is 8.57. The van der Waals surface area contributed by atoms with Gasteiger partial charge in [0.05, 0.1) is 19.8 Å². The molecule has 0 fully saturated rings. The molecule has 4 rings (SSSR count). The SMILES string of the molecule is CCOC(=O)/C=C1\C=C(c2ccc(OC)cc2)c2nc(-c3ccccc3)nnc2O1. The Morgan fingerprint density at radius 3 is 2.50 bits per heavy atom. The molecule has 7 nitrogen and oxygen atoms in total. The van der Waals surface area contributed by atoms with Crippen molar-refractivity contribution in [1.82, 2.24) is 15.2 Å². The van der Waals surface area contributed by atoms with Crippen LogP contribution in [-0.4, -0.2) is 34.9 Å². The van der Waals surface area contributed by atoms with Crippen molar-refractivity contribution in [2.24, 2.45) is 0 Å². The van der Waals surface area contributed by atoms with Crippen LogP contribution in [0.5, 0.6) is 11.6 Å². The van der Waals surface area contributed by atoms with E-state index in [0.29, 0.717) is 17.3 Å². The van der Waals surface area contributed by atoms with E-state index in [-0.39, 0.29) is 12.5 Å². The van der Waals surface area contributed by atoms with E-state index in [1.54, 1.807) is 20.1 Å². The van der Waals surface area contributed by atoms with Crippen LogP contribution in [0.3, 0.4) is 0 Å². The van der Waals surface area contributed by atoms with E-state index < -0.39 is 5.97 Å². The van der Waals surface area contributed by atoms with Crippen molar-refractivity contribution < 1.29 is 19.0 Å². The summed E-state index contributed by atoms with van der Waals surface area (Å²) in [6.07, 6.45) is 3.02. The van der Waals surface area contributed by atoms with Crippen LogP contribution < -0.4 is 9.47 Å². The van der Waals surface area contributed by atoms with E-state index in [0.717, 1.165) is 22.4 Å². The van der Waals surface area contributed by atoms with Gasteiger partial charge in [0.1, 0.15) is 17.2 Å². The quantitative estimate of drug-likeness (QED) is 0.475. The fourth-order valence-electron chi connectivity index (χ4n) is 2.98. The Morgan fingerprint density at radius 1 is 1.03 bits per heavy atom. The largest absolute Gasteiger partial charge is 0.497 e. The van der Waals surface area contributed by atoms with Crippen molar-refractivity contribution in [3.63, 3.8) is 0 Å². The van der Waals surface area contributed by atoms with Gasteiger partial charge in [-0.2, -0.15) is 0 Å². The predicted molar refractivity (Wildman–Crippen MR) is 111 cm³/mol. The average molecular weight is 401 g/mol. The standard InChI is InChI=1S/C23H19N3O4/c1-3-29-20(27)14-18-13-19(15-9-11-17(28-2)12-10-15)21-23(30-18)26-25-22(24-21)16-7-5-4-6-8-16/h4-14H,3H2,1-2H3/b18-14+. The highest BCUT2D eigenvalue weighted by atomic mass is 16.5. The zero-order valence-electron chi connectivity index (χ0n) is 16.5. The molecule has 0 spiro atoms. The smallest absolute Gasteiger partial charge is 0.334 e. The van der Waals surface area contributed by atoms with Crippen LogP contribution in [0.25, 0.3) is 17.0 Å². The number of methoxy groups -OCH3 is 1. The second-order valence-electron chi connectivity index (χ2n) is 6.34. The van der Waals surface area contributed by atoms with Crippen LogP contribution >= 0.6 is 0 Å². The normalized spacial score (nSPS) is 13.8. The van der Waals surface area contributed by atoms with Crippen LogP contribution in [0.15, 0.2) is 72.5 Å². The molecule has 1 aromatic heterocycles. The molecule has 7 heteroatoms. The first-order valence-electron chi connectivity index (χ1n) is 9.41. The van der Waals surface area contributed by atoms with Crippen LogP contribution in [-0.2, 0) is 9.53 Å². The fourth-order valence-corrected chi connectivity index (χ4v) is 2.98. The molecule has 2 heterocycles. The number of hydrogen-bond donors (Lipinski definition) is 0. The number of fused-ring (bicyclic) bond motifs is 1. The Kier molecular flexibility index (Phi) is 5.52. The molecule has 0 amide bonds. The Labute approximate surface area is 173 Å². The lowest BCUT2D eigenvalue weighted by Gasteiger charge is -2.19. The van der Waals surface area contributed by atoms with Crippen molar-refractivity contribution in [2.45, 2.75) is 6.92 Å². The summed E-state index contributed by atoms with van der Waals surface area (Å²) in [6.45, 7) is 2.02. The Balaban J connectivity index is 1.82. The topological polar surface area (TPSA) is 83.4 Å². The predicted octanol–water partition coefficient (Wildman–Crippen LogP) is 3.82. The van der Waals surface area contributed by atoms with E-state index in [2.05, 4.69) is 10.2 Å². The van der Waals surface area contributed by atoms with Gasteiger partial charge in [0.2, 0.25) is 0 Å². The molecular formula is C23H19N3O4. The summed E-state index contributed by atoms with van der Waals surface area (Å²) in [5.74, 6) is 1.24. The number of esters is 1. The van der Waals surface area contributed by atoms with Crippen LogP contribution in [0.1, 0.15) is 18.2 Å². The zero-order chi connectivity index (χ0) is 20.9. The van der Waals surface area contributed by atoms with E-state index in [1.807, 2.05) is 54.6 Å². The summed E-state index contributed by atoms with van der Waals surface area (Å²) in [5, 5.41) is 8.41. The molecule has 2 aromatic carbocycles. The second-order valence-corrected chi connectivity index (χ2v) is 6.34. The molecule has 0 N–H and O–H groups in total. The van der Waals surface area contributed by atoms with Crippen LogP contribution in [0.4, 0.5) is 0 Å². The minimum Gasteiger partial charge on any atom is -0.497 e. The molecule has 0 bridgehead atoms. The number of ether oxygens (including phenoxy) is 3. The summed E-state index contributed by atoms with van der Waals surface area (Å²) in [5.41, 5.74) is 3.00. The molecule has 0 saturated heterocycles. The molecule has 150 valence electrons. The number of carbonyl (C=O) groups excluding carboxylic acids is 1. The van der Waals surface area contributed by atoms with Gasteiger partial charge in [-0.05, 0) is 30.7 Å². The van der Waals surface area contributed by atoms with Gasteiger partial charge in [-0.15, -0.1) is 10.2 Å². The summed E-state index contributed by atoms with van der Waals surface area (Å²) in [6, 6.07) is 17.1. The highest BCUT2D eigenvalue weighted by Gasteiger charge is 2.24. The number of aromatic nitrogens is 3. The number of hydrogen-bond acceptors (Lipinski definition) is 7. The molecule has 0 atom stereocenters. The molecule has 0 aliphatic carbocycles.